The highest BCUT2D eigenvalue weighted by Gasteiger charge is 2.07. The molecule has 2 nitrogen and oxygen atoms in total. The summed E-state index contributed by atoms with van der Waals surface area (Å²) in [7, 11) is 0. The molecule has 0 bridgehead atoms. The van der Waals surface area contributed by atoms with Crippen LogP contribution in [0.2, 0.25) is 0 Å². The predicted molar refractivity (Wildman–Crippen MR) is 89.2 cm³/mol. The third-order valence-electron chi connectivity index (χ3n) is 3.59. The third-order valence-corrected chi connectivity index (χ3v) is 4.73. The van der Waals surface area contributed by atoms with Crippen LogP contribution < -0.4 is 0 Å². The molecule has 0 saturated heterocycles. The van der Waals surface area contributed by atoms with Crippen molar-refractivity contribution < 1.29 is 4.39 Å². The number of aryl methyl sites for hydroxylation is 1. The molecule has 0 aliphatic heterocycles. The van der Waals surface area contributed by atoms with Gasteiger partial charge in [-0.05, 0) is 65.2 Å². The van der Waals surface area contributed by atoms with Crippen molar-refractivity contribution in [2.75, 3.05) is 0 Å². The zero-order valence-electron chi connectivity index (χ0n) is 12.0. The molecule has 4 heteroatoms. The Kier molecular flexibility index (Phi) is 4.11. The van der Waals surface area contributed by atoms with E-state index in [2.05, 4.69) is 11.2 Å². The molecule has 3 rings (SSSR count). The summed E-state index contributed by atoms with van der Waals surface area (Å²) >= 11 is 1.68. The van der Waals surface area contributed by atoms with Crippen LogP contribution in [0.15, 0.2) is 59.8 Å². The molecule has 0 aliphatic rings. The maximum absolute atomic E-state index is 13.0. The van der Waals surface area contributed by atoms with Crippen LogP contribution in [0.4, 0.5) is 10.1 Å². The van der Waals surface area contributed by atoms with E-state index in [9.17, 15) is 9.30 Å². The number of nitrogens with zero attached hydrogens (tertiary/aromatic N) is 1. The minimum absolute atomic E-state index is 0.227. The molecule has 2 aromatic carbocycles. The van der Waals surface area contributed by atoms with E-state index in [0.29, 0.717) is 5.69 Å². The number of thiophene rings is 1. The molecule has 3 aromatic rings. The average Bonchev–Trinajstić information content (AvgIpc) is 2.99. The molecule has 0 N–H and O–H groups in total. The zero-order valence-corrected chi connectivity index (χ0v) is 12.9. The van der Waals surface area contributed by atoms with Gasteiger partial charge in [-0.3, -0.25) is 0 Å². The topological polar surface area (TPSA) is 29.4 Å². The highest BCUT2D eigenvalue weighted by molar-refractivity contribution is 7.15. The maximum atomic E-state index is 13.0. The van der Waals surface area contributed by atoms with Crippen LogP contribution in [0, 0.1) is 17.6 Å². The molecular weight excluding hydrogens is 297 g/mol. The van der Waals surface area contributed by atoms with Gasteiger partial charge in [-0.25, -0.2) is 4.39 Å². The van der Waals surface area contributed by atoms with Gasteiger partial charge in [0.15, 0.2) is 0 Å². The van der Waals surface area contributed by atoms with E-state index in [1.165, 1.54) is 17.0 Å². The number of rotatable bonds is 4. The molecule has 0 spiro atoms. The lowest BCUT2D eigenvalue weighted by Crippen LogP contribution is -1.88. The third kappa shape index (κ3) is 3.12. The van der Waals surface area contributed by atoms with Gasteiger partial charge in [-0.15, -0.1) is 16.2 Å². The van der Waals surface area contributed by atoms with Crippen LogP contribution in [0.3, 0.4) is 0 Å². The van der Waals surface area contributed by atoms with Crippen LogP contribution in [0.25, 0.3) is 10.4 Å². The first-order chi connectivity index (χ1) is 10.7. The SMILES string of the molecule is Cc1ccc(N=O)cc1Cc1ccc(-c2ccc(F)cc2)s1. The Labute approximate surface area is 132 Å². The van der Waals surface area contributed by atoms with Crippen molar-refractivity contribution in [1.29, 1.82) is 0 Å². The first kappa shape index (κ1) is 14.6. The summed E-state index contributed by atoms with van der Waals surface area (Å²) in [4.78, 5) is 13.0. The van der Waals surface area contributed by atoms with Gasteiger partial charge in [0, 0.05) is 16.2 Å². The Morgan fingerprint density at radius 2 is 1.82 bits per heavy atom. The van der Waals surface area contributed by atoms with Gasteiger partial charge in [0.25, 0.3) is 0 Å². The van der Waals surface area contributed by atoms with Gasteiger partial charge < -0.3 is 0 Å². The lowest BCUT2D eigenvalue weighted by atomic mass is 10.0. The molecule has 0 atom stereocenters. The first-order valence-corrected chi connectivity index (χ1v) is 7.75. The normalized spacial score (nSPS) is 10.6. The summed E-state index contributed by atoms with van der Waals surface area (Å²) in [5.41, 5.74) is 3.71. The Bertz CT molecular complexity index is 808. The van der Waals surface area contributed by atoms with E-state index in [-0.39, 0.29) is 5.82 Å². The Hall–Kier alpha value is -2.33. The first-order valence-electron chi connectivity index (χ1n) is 6.93. The Morgan fingerprint density at radius 1 is 1.05 bits per heavy atom. The number of hydrogen-bond acceptors (Lipinski definition) is 3. The summed E-state index contributed by atoms with van der Waals surface area (Å²) in [6, 6.07) is 16.1. The average molecular weight is 311 g/mol. The molecule has 0 radical (unpaired) electrons. The Morgan fingerprint density at radius 3 is 2.55 bits per heavy atom. The van der Waals surface area contributed by atoms with Gasteiger partial charge >= 0.3 is 0 Å². The van der Waals surface area contributed by atoms with E-state index >= 15 is 0 Å². The molecule has 1 aromatic heterocycles. The van der Waals surface area contributed by atoms with Gasteiger partial charge in [-0.2, -0.15) is 0 Å². The van der Waals surface area contributed by atoms with Crippen molar-refractivity contribution in [2.45, 2.75) is 13.3 Å². The largest absolute Gasteiger partial charge is 0.207 e. The Balaban J connectivity index is 1.85. The molecule has 0 amide bonds. The van der Waals surface area contributed by atoms with Crippen molar-refractivity contribution in [3.63, 3.8) is 0 Å². The fourth-order valence-electron chi connectivity index (χ4n) is 2.34. The van der Waals surface area contributed by atoms with E-state index in [1.807, 2.05) is 25.1 Å². The van der Waals surface area contributed by atoms with Gasteiger partial charge in [0.1, 0.15) is 11.5 Å². The summed E-state index contributed by atoms with van der Waals surface area (Å²) in [5, 5.41) is 2.99. The molecule has 0 fully saturated rings. The minimum Gasteiger partial charge on any atom is -0.207 e. The molecule has 22 heavy (non-hydrogen) atoms. The maximum Gasteiger partial charge on any atom is 0.123 e. The number of benzene rings is 2. The van der Waals surface area contributed by atoms with E-state index in [0.717, 1.165) is 28.0 Å². The highest BCUT2D eigenvalue weighted by atomic mass is 32.1. The number of nitroso groups, excluding NO2 is 1. The second kappa shape index (κ2) is 6.20. The number of hydrogen-bond donors (Lipinski definition) is 0. The van der Waals surface area contributed by atoms with Crippen molar-refractivity contribution >= 4 is 17.0 Å². The highest BCUT2D eigenvalue weighted by Crippen LogP contribution is 2.30. The van der Waals surface area contributed by atoms with Crippen LogP contribution in [0.1, 0.15) is 16.0 Å². The standard InChI is InChI=1S/C18H14FNOS/c1-12-2-7-16(20-21)10-14(12)11-17-8-9-18(22-17)13-3-5-15(19)6-4-13/h2-10H,11H2,1H3. The van der Waals surface area contributed by atoms with E-state index in [4.69, 9.17) is 0 Å². The molecule has 0 unspecified atom stereocenters. The second-order valence-electron chi connectivity index (χ2n) is 5.15. The van der Waals surface area contributed by atoms with Crippen LogP contribution >= 0.6 is 11.3 Å². The van der Waals surface area contributed by atoms with Gasteiger partial charge in [0.05, 0.1) is 0 Å². The zero-order chi connectivity index (χ0) is 15.5. The quantitative estimate of drug-likeness (QED) is 0.556. The fraction of sp³-hybridized carbons (Fsp3) is 0.111. The molecular formula is C18H14FNOS. The lowest BCUT2D eigenvalue weighted by molar-refractivity contribution is 0.628. The van der Waals surface area contributed by atoms with Crippen molar-refractivity contribution in [1.82, 2.24) is 0 Å². The second-order valence-corrected chi connectivity index (χ2v) is 6.32. The number of halogens is 1. The molecule has 0 aliphatic carbocycles. The van der Waals surface area contributed by atoms with Crippen molar-refractivity contribution in [3.05, 3.63) is 81.3 Å². The smallest absolute Gasteiger partial charge is 0.123 e. The van der Waals surface area contributed by atoms with Crippen LogP contribution in [-0.2, 0) is 6.42 Å². The fourth-order valence-corrected chi connectivity index (χ4v) is 3.37. The summed E-state index contributed by atoms with van der Waals surface area (Å²) in [6.07, 6.45) is 0.765. The van der Waals surface area contributed by atoms with Crippen LogP contribution in [-0.4, -0.2) is 0 Å². The van der Waals surface area contributed by atoms with Gasteiger partial charge in [-0.1, -0.05) is 18.2 Å². The summed E-state index contributed by atoms with van der Waals surface area (Å²) in [6.45, 7) is 2.03. The molecule has 110 valence electrons. The van der Waals surface area contributed by atoms with Crippen molar-refractivity contribution in [3.8, 4) is 10.4 Å². The van der Waals surface area contributed by atoms with Gasteiger partial charge in [0.2, 0.25) is 0 Å². The van der Waals surface area contributed by atoms with E-state index in [1.54, 1.807) is 29.5 Å². The summed E-state index contributed by atoms with van der Waals surface area (Å²) < 4.78 is 13.0. The monoisotopic (exact) mass is 311 g/mol. The summed E-state index contributed by atoms with van der Waals surface area (Å²) in [5.74, 6) is -0.227. The predicted octanol–water partition coefficient (Wildman–Crippen LogP) is 5.85. The van der Waals surface area contributed by atoms with E-state index < -0.39 is 0 Å². The minimum atomic E-state index is -0.227. The molecule has 1 heterocycles. The van der Waals surface area contributed by atoms with Crippen molar-refractivity contribution in [2.24, 2.45) is 5.18 Å². The molecule has 0 saturated carbocycles. The lowest BCUT2D eigenvalue weighted by Gasteiger charge is -2.04. The van der Waals surface area contributed by atoms with Crippen LogP contribution in [0.5, 0.6) is 0 Å².